The summed E-state index contributed by atoms with van der Waals surface area (Å²) in [5.74, 6) is 0.432. The quantitative estimate of drug-likeness (QED) is 0.574. The van der Waals surface area contributed by atoms with Gasteiger partial charge < -0.3 is 9.88 Å². The van der Waals surface area contributed by atoms with Gasteiger partial charge in [0.1, 0.15) is 5.69 Å². The minimum Gasteiger partial charge on any atom is -0.378 e. The number of aromatic amines is 1. The van der Waals surface area contributed by atoms with E-state index in [2.05, 4.69) is 30.4 Å². The van der Waals surface area contributed by atoms with Gasteiger partial charge in [-0.25, -0.2) is 4.98 Å². The van der Waals surface area contributed by atoms with E-state index in [4.69, 9.17) is 11.6 Å². The van der Waals surface area contributed by atoms with Crippen molar-refractivity contribution in [2.24, 2.45) is 20.5 Å². The molecule has 0 atom stereocenters. The molecule has 7 nitrogen and oxygen atoms in total. The van der Waals surface area contributed by atoms with E-state index in [1.807, 2.05) is 43.3 Å². The molecule has 0 aliphatic rings. The molecule has 3 aromatic rings. The molecule has 25 heavy (non-hydrogen) atoms. The highest BCUT2D eigenvalue weighted by molar-refractivity contribution is 6.33. The van der Waals surface area contributed by atoms with Crippen LogP contribution in [-0.4, -0.2) is 24.1 Å². The van der Waals surface area contributed by atoms with Crippen molar-refractivity contribution in [1.29, 1.82) is 0 Å². The van der Waals surface area contributed by atoms with Crippen LogP contribution in [0.5, 0.6) is 0 Å². The Balaban J connectivity index is 1.72. The number of nitrogens with zero attached hydrogens (tertiary/aromatic N) is 6. The predicted octanol–water partition coefficient (Wildman–Crippen LogP) is 5.96. The van der Waals surface area contributed by atoms with Crippen molar-refractivity contribution in [3.05, 3.63) is 59.9 Å². The molecule has 8 heteroatoms. The summed E-state index contributed by atoms with van der Waals surface area (Å²) in [7, 11) is 3.97. The number of aromatic nitrogens is 2. The number of halogens is 1. The van der Waals surface area contributed by atoms with Crippen molar-refractivity contribution >= 4 is 40.3 Å². The van der Waals surface area contributed by atoms with Crippen molar-refractivity contribution in [2.75, 3.05) is 19.0 Å². The van der Waals surface area contributed by atoms with Crippen LogP contribution in [0.25, 0.3) is 0 Å². The molecule has 1 heterocycles. The van der Waals surface area contributed by atoms with E-state index in [0.717, 1.165) is 11.4 Å². The maximum absolute atomic E-state index is 6.24. The molecule has 2 aromatic carbocycles. The Bertz CT molecular complexity index is 884. The number of azo groups is 2. The second-order valence-electron chi connectivity index (χ2n) is 5.36. The third-order valence-electron chi connectivity index (χ3n) is 3.31. The van der Waals surface area contributed by atoms with Crippen molar-refractivity contribution in [3.8, 4) is 0 Å². The molecule has 0 unspecified atom stereocenters. The topological polar surface area (TPSA) is 81.4 Å². The van der Waals surface area contributed by atoms with Gasteiger partial charge in [0.2, 0.25) is 5.95 Å². The molecule has 0 amide bonds. The van der Waals surface area contributed by atoms with Crippen molar-refractivity contribution in [3.63, 3.8) is 0 Å². The summed E-state index contributed by atoms with van der Waals surface area (Å²) in [4.78, 5) is 8.83. The predicted molar refractivity (Wildman–Crippen MR) is 99.2 cm³/mol. The third-order valence-corrected chi connectivity index (χ3v) is 3.62. The first-order valence-electron chi connectivity index (χ1n) is 7.51. The Kier molecular flexibility index (Phi) is 5.15. The smallest absolute Gasteiger partial charge is 0.246 e. The lowest BCUT2D eigenvalue weighted by Crippen LogP contribution is -2.07. The Morgan fingerprint density at radius 1 is 0.920 bits per heavy atom. The Morgan fingerprint density at radius 3 is 2.28 bits per heavy atom. The largest absolute Gasteiger partial charge is 0.378 e. The first-order valence-corrected chi connectivity index (χ1v) is 7.89. The monoisotopic (exact) mass is 353 g/mol. The van der Waals surface area contributed by atoms with Crippen LogP contribution in [0.1, 0.15) is 0 Å². The molecule has 126 valence electrons. The number of anilines is 1. The summed E-state index contributed by atoms with van der Waals surface area (Å²) in [6.45, 7) is 0. The molecule has 0 saturated carbocycles. The third kappa shape index (κ3) is 4.48. The lowest BCUT2D eigenvalue weighted by Gasteiger charge is -2.11. The minimum atomic E-state index is 0.432. The average Bonchev–Trinajstić information content (AvgIpc) is 3.13. The first kappa shape index (κ1) is 16.8. The average molecular weight is 354 g/mol. The Hall–Kier alpha value is -3.06. The number of rotatable bonds is 5. The van der Waals surface area contributed by atoms with Gasteiger partial charge >= 0.3 is 0 Å². The molecule has 0 aliphatic carbocycles. The Labute approximate surface area is 150 Å². The molecule has 0 spiro atoms. The molecule has 3 rings (SSSR count). The highest BCUT2D eigenvalue weighted by Crippen LogP contribution is 2.31. The lowest BCUT2D eigenvalue weighted by molar-refractivity contribution is 1.12. The maximum Gasteiger partial charge on any atom is 0.246 e. The summed E-state index contributed by atoms with van der Waals surface area (Å²) in [5.41, 5.74) is 3.03. The van der Waals surface area contributed by atoms with Crippen LogP contribution in [-0.2, 0) is 0 Å². The van der Waals surface area contributed by atoms with Gasteiger partial charge in [0.25, 0.3) is 0 Å². The second-order valence-corrected chi connectivity index (χ2v) is 5.77. The zero-order chi connectivity index (χ0) is 17.6. The summed E-state index contributed by atoms with van der Waals surface area (Å²) in [6.07, 6.45) is 3.28. The van der Waals surface area contributed by atoms with Crippen LogP contribution < -0.4 is 4.90 Å². The van der Waals surface area contributed by atoms with E-state index in [-0.39, 0.29) is 0 Å². The van der Waals surface area contributed by atoms with Crippen LogP contribution >= 0.6 is 11.6 Å². The molecule has 0 aliphatic heterocycles. The highest BCUT2D eigenvalue weighted by atomic mass is 35.5. The van der Waals surface area contributed by atoms with E-state index >= 15 is 0 Å². The summed E-state index contributed by atoms with van der Waals surface area (Å²) < 4.78 is 0. The number of hydrogen-bond donors (Lipinski definition) is 1. The van der Waals surface area contributed by atoms with E-state index in [0.29, 0.717) is 22.3 Å². The van der Waals surface area contributed by atoms with E-state index in [1.54, 1.807) is 30.6 Å². The van der Waals surface area contributed by atoms with E-state index < -0.39 is 0 Å². The number of imidazole rings is 1. The number of benzene rings is 2. The number of hydrogen-bond acceptors (Lipinski definition) is 6. The van der Waals surface area contributed by atoms with Crippen molar-refractivity contribution in [1.82, 2.24) is 9.97 Å². The van der Waals surface area contributed by atoms with Gasteiger partial charge in [-0.15, -0.1) is 15.3 Å². The molecule has 0 saturated heterocycles. The molecule has 0 bridgehead atoms. The van der Waals surface area contributed by atoms with Crippen LogP contribution in [0.4, 0.5) is 28.7 Å². The normalized spacial score (nSPS) is 11.5. The molecule has 1 N–H and O–H groups in total. The summed E-state index contributed by atoms with van der Waals surface area (Å²) >= 11 is 6.24. The first-order chi connectivity index (χ1) is 12.1. The van der Waals surface area contributed by atoms with Gasteiger partial charge in [-0.1, -0.05) is 11.6 Å². The van der Waals surface area contributed by atoms with Crippen LogP contribution in [0.15, 0.2) is 75.3 Å². The van der Waals surface area contributed by atoms with Gasteiger partial charge in [0.05, 0.1) is 16.4 Å². The highest BCUT2D eigenvalue weighted by Gasteiger charge is 2.02. The fraction of sp³-hybridized carbons (Fsp3) is 0.118. The summed E-state index contributed by atoms with van der Waals surface area (Å²) in [6, 6.07) is 13.0. The van der Waals surface area contributed by atoms with Crippen molar-refractivity contribution < 1.29 is 0 Å². The van der Waals surface area contributed by atoms with Gasteiger partial charge in [-0.05, 0) is 42.5 Å². The fourth-order valence-electron chi connectivity index (χ4n) is 1.98. The number of H-pyrrole nitrogens is 1. The lowest BCUT2D eigenvalue weighted by atomic mass is 10.3. The fourth-order valence-corrected chi connectivity index (χ4v) is 2.20. The van der Waals surface area contributed by atoms with Crippen LogP contribution in [0.3, 0.4) is 0 Å². The van der Waals surface area contributed by atoms with Crippen LogP contribution in [0, 0.1) is 0 Å². The minimum absolute atomic E-state index is 0.432. The van der Waals surface area contributed by atoms with Gasteiger partial charge in [0.15, 0.2) is 0 Å². The number of nitrogens with one attached hydrogen (secondary N) is 1. The standard InChI is InChI=1S/C17H16ClN7/c1-25(2)14-6-3-12(4-7-14)21-23-16-8-5-13(11-15(16)18)22-24-17-19-9-10-20-17/h3-11H,1-2H3,(H,19,20)/b23-21+,24-22+. The van der Waals surface area contributed by atoms with Gasteiger partial charge in [-0.3, -0.25) is 0 Å². The van der Waals surface area contributed by atoms with E-state index in [9.17, 15) is 0 Å². The van der Waals surface area contributed by atoms with E-state index in [1.165, 1.54) is 0 Å². The molecule has 0 radical (unpaired) electrons. The van der Waals surface area contributed by atoms with Gasteiger partial charge in [-0.2, -0.15) is 5.11 Å². The second kappa shape index (κ2) is 7.67. The molecular weight excluding hydrogens is 338 g/mol. The molecule has 1 aromatic heterocycles. The van der Waals surface area contributed by atoms with Gasteiger partial charge in [0, 0.05) is 32.2 Å². The summed E-state index contributed by atoms with van der Waals surface area (Å²) in [5, 5.41) is 16.9. The zero-order valence-corrected chi connectivity index (χ0v) is 14.5. The van der Waals surface area contributed by atoms with Crippen molar-refractivity contribution in [2.45, 2.75) is 0 Å². The van der Waals surface area contributed by atoms with Crippen LogP contribution in [0.2, 0.25) is 5.02 Å². The SMILES string of the molecule is CN(C)c1ccc(/N=N/c2ccc(/N=N/c3ncc[nH]3)cc2Cl)cc1. The molecule has 0 fully saturated rings. The zero-order valence-electron chi connectivity index (χ0n) is 13.8. The maximum atomic E-state index is 6.24. The Morgan fingerprint density at radius 2 is 1.64 bits per heavy atom. The molecular formula is C17H16ClN7.